The molecule has 2 aromatic carbocycles. The normalized spacial score (nSPS) is 14.8. The van der Waals surface area contributed by atoms with Crippen molar-refractivity contribution in [3.05, 3.63) is 59.7 Å². The van der Waals surface area contributed by atoms with Gasteiger partial charge >= 0.3 is 0 Å². The number of nitrogen functional groups attached to an aromatic ring is 1. The third-order valence-electron chi connectivity index (χ3n) is 5.11. The molecular weight excluding hydrogens is 338 g/mol. The standard InChI is InChI=1S/C22H27N3O2/c1-16-12-14-25(15-13-16)22(27)18-5-9-20(10-6-18)24-21(26)11-4-17-2-7-19(23)8-3-17/h2-3,5-10,16H,4,11-15,23H2,1H3,(H,24,26). The lowest BCUT2D eigenvalue weighted by Crippen LogP contribution is -2.37. The van der Waals surface area contributed by atoms with E-state index in [0.29, 0.717) is 30.0 Å². The number of anilines is 2. The van der Waals surface area contributed by atoms with Gasteiger partial charge in [-0.05, 0) is 67.1 Å². The number of hydrogen-bond acceptors (Lipinski definition) is 3. The van der Waals surface area contributed by atoms with Crippen LogP contribution in [0.25, 0.3) is 0 Å². The van der Waals surface area contributed by atoms with Crippen LogP contribution in [0, 0.1) is 5.92 Å². The van der Waals surface area contributed by atoms with Crippen molar-refractivity contribution in [3.63, 3.8) is 0 Å². The molecular formula is C22H27N3O2. The highest BCUT2D eigenvalue weighted by Gasteiger charge is 2.21. The number of hydrogen-bond donors (Lipinski definition) is 2. The second kappa shape index (κ2) is 8.71. The summed E-state index contributed by atoms with van der Waals surface area (Å²) < 4.78 is 0. The number of carbonyl (C=O) groups excluding carboxylic acids is 2. The van der Waals surface area contributed by atoms with Gasteiger partial charge in [0, 0.05) is 36.4 Å². The molecule has 5 nitrogen and oxygen atoms in total. The third kappa shape index (κ3) is 5.33. The quantitative estimate of drug-likeness (QED) is 0.793. The molecule has 0 spiro atoms. The van der Waals surface area contributed by atoms with Crippen molar-refractivity contribution < 1.29 is 9.59 Å². The Morgan fingerprint density at radius 1 is 1.04 bits per heavy atom. The molecule has 1 aliphatic heterocycles. The van der Waals surface area contributed by atoms with Crippen LogP contribution < -0.4 is 11.1 Å². The summed E-state index contributed by atoms with van der Waals surface area (Å²) in [7, 11) is 0. The van der Waals surface area contributed by atoms with E-state index in [9.17, 15) is 9.59 Å². The highest BCUT2D eigenvalue weighted by molar-refractivity contribution is 5.96. The molecule has 142 valence electrons. The van der Waals surface area contributed by atoms with Crippen molar-refractivity contribution in [3.8, 4) is 0 Å². The lowest BCUT2D eigenvalue weighted by Gasteiger charge is -2.30. The molecule has 3 N–H and O–H groups in total. The molecule has 2 aromatic rings. The van der Waals surface area contributed by atoms with Gasteiger partial charge in [-0.1, -0.05) is 19.1 Å². The van der Waals surface area contributed by atoms with E-state index in [1.807, 2.05) is 29.2 Å². The Hall–Kier alpha value is -2.82. The number of nitrogens with one attached hydrogen (secondary N) is 1. The van der Waals surface area contributed by atoms with E-state index < -0.39 is 0 Å². The van der Waals surface area contributed by atoms with Crippen LogP contribution in [0.15, 0.2) is 48.5 Å². The number of piperidine rings is 1. The smallest absolute Gasteiger partial charge is 0.253 e. The van der Waals surface area contributed by atoms with Gasteiger partial charge in [0.05, 0.1) is 0 Å². The van der Waals surface area contributed by atoms with Crippen LogP contribution in [0.5, 0.6) is 0 Å². The maximum Gasteiger partial charge on any atom is 0.253 e. The first kappa shape index (κ1) is 19.0. The first-order valence-corrected chi connectivity index (χ1v) is 9.55. The zero-order chi connectivity index (χ0) is 19.2. The highest BCUT2D eigenvalue weighted by atomic mass is 16.2. The number of amides is 2. The topological polar surface area (TPSA) is 75.4 Å². The van der Waals surface area contributed by atoms with Gasteiger partial charge in [0.15, 0.2) is 0 Å². The average Bonchev–Trinajstić information content (AvgIpc) is 2.68. The first-order valence-electron chi connectivity index (χ1n) is 9.55. The summed E-state index contributed by atoms with van der Waals surface area (Å²) in [5, 5.41) is 2.89. The van der Waals surface area contributed by atoms with E-state index in [0.717, 1.165) is 37.2 Å². The molecule has 5 heteroatoms. The van der Waals surface area contributed by atoms with Crippen LogP contribution in [0.4, 0.5) is 11.4 Å². The molecule has 0 aromatic heterocycles. The molecule has 0 bridgehead atoms. The molecule has 0 radical (unpaired) electrons. The van der Waals surface area contributed by atoms with Crippen LogP contribution in [-0.4, -0.2) is 29.8 Å². The zero-order valence-electron chi connectivity index (χ0n) is 15.8. The molecule has 0 atom stereocenters. The Labute approximate surface area is 160 Å². The van der Waals surface area contributed by atoms with E-state index >= 15 is 0 Å². The predicted molar refractivity (Wildman–Crippen MR) is 109 cm³/mol. The van der Waals surface area contributed by atoms with Crippen LogP contribution in [-0.2, 0) is 11.2 Å². The number of aryl methyl sites for hydroxylation is 1. The minimum atomic E-state index is -0.0454. The number of benzene rings is 2. The van der Waals surface area contributed by atoms with Crippen LogP contribution >= 0.6 is 0 Å². The fraction of sp³-hybridized carbons (Fsp3) is 0.364. The Morgan fingerprint density at radius 3 is 2.30 bits per heavy atom. The van der Waals surface area contributed by atoms with Gasteiger partial charge in [-0.3, -0.25) is 9.59 Å². The Bertz CT molecular complexity index is 776. The van der Waals surface area contributed by atoms with E-state index in [4.69, 9.17) is 5.73 Å². The van der Waals surface area contributed by atoms with E-state index in [1.165, 1.54) is 0 Å². The summed E-state index contributed by atoms with van der Waals surface area (Å²) in [6.07, 6.45) is 3.19. The second-order valence-corrected chi connectivity index (χ2v) is 7.34. The van der Waals surface area contributed by atoms with Gasteiger partial charge in [-0.2, -0.15) is 0 Å². The first-order chi connectivity index (χ1) is 13.0. The van der Waals surface area contributed by atoms with Gasteiger partial charge in [-0.15, -0.1) is 0 Å². The summed E-state index contributed by atoms with van der Waals surface area (Å²) in [4.78, 5) is 26.6. The number of nitrogens with two attached hydrogens (primary N) is 1. The number of likely N-dealkylation sites (tertiary alicyclic amines) is 1. The van der Waals surface area contributed by atoms with Crippen molar-refractivity contribution in [2.75, 3.05) is 24.1 Å². The summed E-state index contributed by atoms with van der Waals surface area (Å²) in [5.74, 6) is 0.721. The lowest BCUT2D eigenvalue weighted by atomic mass is 9.98. The Balaban J connectivity index is 1.50. The predicted octanol–water partition coefficient (Wildman–Crippen LogP) is 3.71. The lowest BCUT2D eigenvalue weighted by molar-refractivity contribution is -0.116. The molecule has 1 heterocycles. The van der Waals surface area contributed by atoms with Crippen molar-refractivity contribution in [2.45, 2.75) is 32.6 Å². The molecule has 3 rings (SSSR count). The highest BCUT2D eigenvalue weighted by Crippen LogP contribution is 2.19. The van der Waals surface area contributed by atoms with Crippen molar-refractivity contribution in [1.82, 2.24) is 4.90 Å². The fourth-order valence-electron chi connectivity index (χ4n) is 3.26. The second-order valence-electron chi connectivity index (χ2n) is 7.34. The van der Waals surface area contributed by atoms with E-state index in [2.05, 4.69) is 12.2 Å². The molecule has 27 heavy (non-hydrogen) atoms. The van der Waals surface area contributed by atoms with E-state index in [1.54, 1.807) is 24.3 Å². The van der Waals surface area contributed by atoms with Crippen LogP contribution in [0.3, 0.4) is 0 Å². The third-order valence-corrected chi connectivity index (χ3v) is 5.11. The summed E-state index contributed by atoms with van der Waals surface area (Å²) in [6.45, 7) is 3.87. The maximum atomic E-state index is 12.6. The summed E-state index contributed by atoms with van der Waals surface area (Å²) in [6, 6.07) is 14.7. The van der Waals surface area contributed by atoms with Crippen molar-refractivity contribution in [1.29, 1.82) is 0 Å². The number of rotatable bonds is 5. The summed E-state index contributed by atoms with van der Waals surface area (Å²) >= 11 is 0. The van der Waals surface area contributed by atoms with E-state index in [-0.39, 0.29) is 11.8 Å². The van der Waals surface area contributed by atoms with Gasteiger partial charge < -0.3 is 16.0 Å². The Morgan fingerprint density at radius 2 is 1.67 bits per heavy atom. The molecule has 0 saturated carbocycles. The monoisotopic (exact) mass is 365 g/mol. The molecule has 2 amide bonds. The molecule has 0 aliphatic carbocycles. The average molecular weight is 365 g/mol. The number of carbonyl (C=O) groups is 2. The number of nitrogens with zero attached hydrogens (tertiary/aromatic N) is 1. The molecule has 1 fully saturated rings. The van der Waals surface area contributed by atoms with Crippen LogP contribution in [0.1, 0.15) is 42.1 Å². The molecule has 1 aliphatic rings. The maximum absolute atomic E-state index is 12.6. The van der Waals surface area contributed by atoms with Gasteiger partial charge in [0.25, 0.3) is 5.91 Å². The van der Waals surface area contributed by atoms with Crippen LogP contribution in [0.2, 0.25) is 0 Å². The molecule has 0 unspecified atom stereocenters. The zero-order valence-corrected chi connectivity index (χ0v) is 15.8. The van der Waals surface area contributed by atoms with Gasteiger partial charge in [-0.25, -0.2) is 0 Å². The van der Waals surface area contributed by atoms with Crippen molar-refractivity contribution >= 4 is 23.2 Å². The largest absolute Gasteiger partial charge is 0.399 e. The fourth-order valence-corrected chi connectivity index (χ4v) is 3.26. The van der Waals surface area contributed by atoms with Crippen molar-refractivity contribution in [2.24, 2.45) is 5.92 Å². The minimum absolute atomic E-state index is 0.0454. The SMILES string of the molecule is CC1CCN(C(=O)c2ccc(NC(=O)CCc3ccc(N)cc3)cc2)CC1. The summed E-state index contributed by atoms with van der Waals surface area (Å²) in [5.41, 5.74) is 8.84. The minimum Gasteiger partial charge on any atom is -0.399 e. The van der Waals surface area contributed by atoms with Gasteiger partial charge in [0.1, 0.15) is 0 Å². The van der Waals surface area contributed by atoms with Gasteiger partial charge in [0.2, 0.25) is 5.91 Å². The molecule has 1 saturated heterocycles. The Kier molecular flexibility index (Phi) is 6.12.